The second-order valence-electron chi connectivity index (χ2n) is 4.34. The first-order valence-corrected chi connectivity index (χ1v) is 7.70. The highest BCUT2D eigenvalue weighted by molar-refractivity contribution is 7.89. The number of carboxylic acid groups (broad SMARTS) is 1. The Kier molecular flexibility index (Phi) is 5.66. The van der Waals surface area contributed by atoms with Crippen molar-refractivity contribution in [2.45, 2.75) is 44.3 Å². The van der Waals surface area contributed by atoms with E-state index in [1.165, 1.54) is 6.20 Å². The number of aromatic nitrogens is 2. The third kappa shape index (κ3) is 4.02. The molecule has 3 N–H and O–H groups in total. The molecular weight excluding hydrogens is 286 g/mol. The van der Waals surface area contributed by atoms with Gasteiger partial charge in [-0.15, -0.1) is 0 Å². The Morgan fingerprint density at radius 3 is 2.70 bits per heavy atom. The van der Waals surface area contributed by atoms with Gasteiger partial charge in [0.05, 0.1) is 0 Å². The summed E-state index contributed by atoms with van der Waals surface area (Å²) >= 11 is 0. The van der Waals surface area contributed by atoms with E-state index in [9.17, 15) is 13.2 Å². The second kappa shape index (κ2) is 6.82. The van der Waals surface area contributed by atoms with Crippen LogP contribution in [-0.4, -0.2) is 46.8 Å². The number of aliphatic hydroxyl groups is 1. The van der Waals surface area contributed by atoms with Crippen molar-refractivity contribution in [3.05, 3.63) is 12.0 Å². The van der Waals surface area contributed by atoms with Crippen molar-refractivity contribution in [3.8, 4) is 0 Å². The normalized spacial score (nSPS) is 13.3. The van der Waals surface area contributed by atoms with Crippen LogP contribution in [0.2, 0.25) is 0 Å². The summed E-state index contributed by atoms with van der Waals surface area (Å²) in [4.78, 5) is 14.8. The maximum atomic E-state index is 12.1. The molecule has 0 saturated carbocycles. The van der Waals surface area contributed by atoms with E-state index in [2.05, 4.69) is 4.98 Å². The SMILES string of the molecule is CCCn1cc(S(=O)(=O)N[C@H](CCO)C(=O)O)nc1C. The minimum Gasteiger partial charge on any atom is -0.480 e. The molecule has 0 unspecified atom stereocenters. The number of carboxylic acids is 1. The third-order valence-corrected chi connectivity index (χ3v) is 4.05. The van der Waals surface area contributed by atoms with E-state index < -0.39 is 28.6 Å². The first-order chi connectivity index (χ1) is 9.31. The minimum absolute atomic E-state index is 0.205. The predicted molar refractivity (Wildman–Crippen MR) is 70.7 cm³/mol. The van der Waals surface area contributed by atoms with E-state index in [0.717, 1.165) is 6.42 Å². The van der Waals surface area contributed by atoms with Crippen molar-refractivity contribution >= 4 is 16.0 Å². The van der Waals surface area contributed by atoms with Gasteiger partial charge in [0.15, 0.2) is 5.03 Å². The molecule has 0 aromatic carbocycles. The number of hydrogen-bond donors (Lipinski definition) is 3. The molecule has 1 aromatic heterocycles. The fourth-order valence-corrected chi connectivity index (χ4v) is 2.92. The maximum absolute atomic E-state index is 12.1. The van der Waals surface area contributed by atoms with Gasteiger partial charge in [-0.25, -0.2) is 13.4 Å². The van der Waals surface area contributed by atoms with E-state index >= 15 is 0 Å². The molecule has 9 heteroatoms. The van der Waals surface area contributed by atoms with Crippen molar-refractivity contribution in [2.75, 3.05) is 6.61 Å². The van der Waals surface area contributed by atoms with Crippen LogP contribution in [0.1, 0.15) is 25.6 Å². The molecule has 0 aliphatic heterocycles. The van der Waals surface area contributed by atoms with Crippen LogP contribution >= 0.6 is 0 Å². The first kappa shape index (κ1) is 16.6. The molecule has 0 bridgehead atoms. The summed E-state index contributed by atoms with van der Waals surface area (Å²) in [6, 6.07) is -1.37. The quantitative estimate of drug-likeness (QED) is 0.607. The molecule has 0 radical (unpaired) electrons. The third-order valence-electron chi connectivity index (χ3n) is 2.71. The van der Waals surface area contributed by atoms with Gasteiger partial charge >= 0.3 is 5.97 Å². The summed E-state index contributed by atoms with van der Waals surface area (Å²) in [6.45, 7) is 3.83. The van der Waals surface area contributed by atoms with Crippen LogP contribution in [0.25, 0.3) is 0 Å². The van der Waals surface area contributed by atoms with E-state index in [0.29, 0.717) is 12.4 Å². The molecule has 1 aromatic rings. The zero-order valence-electron chi connectivity index (χ0n) is 11.4. The molecule has 0 saturated heterocycles. The monoisotopic (exact) mass is 305 g/mol. The average molecular weight is 305 g/mol. The van der Waals surface area contributed by atoms with Crippen molar-refractivity contribution < 1.29 is 23.4 Å². The van der Waals surface area contributed by atoms with Crippen LogP contribution < -0.4 is 4.72 Å². The van der Waals surface area contributed by atoms with Crippen molar-refractivity contribution in [2.24, 2.45) is 0 Å². The van der Waals surface area contributed by atoms with Crippen molar-refractivity contribution in [1.82, 2.24) is 14.3 Å². The number of aryl methyl sites for hydroxylation is 2. The topological polar surface area (TPSA) is 122 Å². The summed E-state index contributed by atoms with van der Waals surface area (Å²) in [7, 11) is -4.02. The van der Waals surface area contributed by atoms with Crippen LogP contribution in [0.4, 0.5) is 0 Å². The molecule has 0 fully saturated rings. The fraction of sp³-hybridized carbons (Fsp3) is 0.636. The molecule has 0 spiro atoms. The van der Waals surface area contributed by atoms with Gasteiger partial charge in [-0.2, -0.15) is 4.72 Å². The average Bonchev–Trinajstić information content (AvgIpc) is 2.71. The molecule has 0 amide bonds. The number of imidazole rings is 1. The zero-order valence-corrected chi connectivity index (χ0v) is 12.2. The summed E-state index contributed by atoms with van der Waals surface area (Å²) in [5.41, 5.74) is 0. The number of carbonyl (C=O) groups is 1. The van der Waals surface area contributed by atoms with Crippen LogP contribution in [0.5, 0.6) is 0 Å². The Hall–Kier alpha value is -1.45. The lowest BCUT2D eigenvalue weighted by Gasteiger charge is -2.12. The first-order valence-electron chi connectivity index (χ1n) is 6.21. The van der Waals surface area contributed by atoms with Gasteiger partial charge in [-0.3, -0.25) is 4.79 Å². The van der Waals surface area contributed by atoms with Crippen LogP contribution in [-0.2, 0) is 21.4 Å². The van der Waals surface area contributed by atoms with Gasteiger partial charge in [0.2, 0.25) is 0 Å². The molecule has 20 heavy (non-hydrogen) atoms. The largest absolute Gasteiger partial charge is 0.480 e. The van der Waals surface area contributed by atoms with E-state index in [4.69, 9.17) is 10.2 Å². The molecule has 0 aliphatic rings. The summed E-state index contributed by atoms with van der Waals surface area (Å²) in [6.07, 6.45) is 1.99. The minimum atomic E-state index is -4.02. The summed E-state index contributed by atoms with van der Waals surface area (Å²) in [5.74, 6) is -0.798. The highest BCUT2D eigenvalue weighted by Crippen LogP contribution is 2.11. The Labute approximate surface area is 117 Å². The van der Waals surface area contributed by atoms with Crippen molar-refractivity contribution in [3.63, 3.8) is 0 Å². The van der Waals surface area contributed by atoms with Gasteiger partial charge in [0, 0.05) is 19.3 Å². The number of aliphatic carboxylic acids is 1. The highest BCUT2D eigenvalue weighted by atomic mass is 32.2. The standard InChI is InChI=1S/C11H19N3O5S/c1-3-5-14-7-10(12-8(14)2)20(18,19)13-9(4-6-15)11(16)17/h7,9,13,15H,3-6H2,1-2H3,(H,16,17)/t9-/m1/s1. The van der Waals surface area contributed by atoms with Gasteiger partial charge in [0.25, 0.3) is 10.0 Å². The molecule has 114 valence electrons. The highest BCUT2D eigenvalue weighted by Gasteiger charge is 2.27. The number of nitrogens with one attached hydrogen (secondary N) is 1. The fourth-order valence-electron chi connectivity index (χ4n) is 1.69. The zero-order chi connectivity index (χ0) is 15.3. The number of nitrogens with zero attached hydrogens (tertiary/aromatic N) is 2. The predicted octanol–water partition coefficient (Wildman–Crippen LogP) is -0.285. The summed E-state index contributed by atoms with van der Waals surface area (Å²) in [5, 5.41) is 17.4. The Bertz CT molecular complexity index is 567. The van der Waals surface area contributed by atoms with Gasteiger partial charge < -0.3 is 14.8 Å². The maximum Gasteiger partial charge on any atom is 0.321 e. The van der Waals surface area contributed by atoms with Gasteiger partial charge in [0.1, 0.15) is 11.9 Å². The molecule has 0 aliphatic carbocycles. The lowest BCUT2D eigenvalue weighted by atomic mass is 10.2. The number of sulfonamides is 1. The van der Waals surface area contributed by atoms with Crippen LogP contribution in [0, 0.1) is 6.92 Å². The van der Waals surface area contributed by atoms with Gasteiger partial charge in [-0.05, 0) is 19.8 Å². The van der Waals surface area contributed by atoms with Crippen LogP contribution in [0.3, 0.4) is 0 Å². The lowest BCUT2D eigenvalue weighted by Crippen LogP contribution is -2.41. The Morgan fingerprint density at radius 2 is 2.20 bits per heavy atom. The molecule has 1 heterocycles. The Morgan fingerprint density at radius 1 is 1.55 bits per heavy atom. The number of aliphatic hydroxyl groups excluding tert-OH is 1. The van der Waals surface area contributed by atoms with E-state index in [1.807, 2.05) is 11.6 Å². The number of rotatable bonds is 8. The van der Waals surface area contributed by atoms with E-state index in [1.54, 1.807) is 11.5 Å². The van der Waals surface area contributed by atoms with Crippen LogP contribution in [0.15, 0.2) is 11.2 Å². The van der Waals surface area contributed by atoms with Gasteiger partial charge in [-0.1, -0.05) is 6.92 Å². The second-order valence-corrected chi connectivity index (χ2v) is 6.00. The Balaban J connectivity index is 2.98. The molecular formula is C11H19N3O5S. The summed E-state index contributed by atoms with van der Waals surface area (Å²) < 4.78 is 27.8. The van der Waals surface area contributed by atoms with Crippen molar-refractivity contribution in [1.29, 1.82) is 0 Å². The lowest BCUT2D eigenvalue weighted by molar-refractivity contribution is -0.139. The molecule has 8 nitrogen and oxygen atoms in total. The smallest absolute Gasteiger partial charge is 0.321 e. The number of hydrogen-bond acceptors (Lipinski definition) is 5. The van der Waals surface area contributed by atoms with E-state index in [-0.39, 0.29) is 11.4 Å². The molecule has 1 atom stereocenters. The molecule has 1 rings (SSSR count).